The summed E-state index contributed by atoms with van der Waals surface area (Å²) in [7, 11) is 0. The quantitative estimate of drug-likeness (QED) is 0.546. The fraction of sp³-hybridized carbons (Fsp3) is 0.333. The molecule has 0 radical (unpaired) electrons. The summed E-state index contributed by atoms with van der Waals surface area (Å²) in [5.41, 5.74) is 6.14. The van der Waals surface area contributed by atoms with Crippen molar-refractivity contribution in [2.45, 2.75) is 38.6 Å². The third-order valence-electron chi connectivity index (χ3n) is 4.08. The molecule has 1 fully saturated rings. The lowest BCUT2D eigenvalue weighted by atomic mass is 10.1. The molecule has 1 aliphatic carbocycles. The zero-order chi connectivity index (χ0) is 19.6. The van der Waals surface area contributed by atoms with Crippen LogP contribution in [0.3, 0.4) is 0 Å². The zero-order valence-electron chi connectivity index (χ0n) is 15.0. The van der Waals surface area contributed by atoms with E-state index in [9.17, 15) is 14.4 Å². The van der Waals surface area contributed by atoms with E-state index in [1.807, 2.05) is 13.8 Å². The van der Waals surface area contributed by atoms with Crippen LogP contribution in [-0.4, -0.2) is 33.5 Å². The number of carbonyl (C=O) groups is 3. The largest absolute Gasteiger partial charge is 0.345 e. The van der Waals surface area contributed by atoms with Crippen molar-refractivity contribution < 1.29 is 14.4 Å². The molecule has 9 heteroatoms. The van der Waals surface area contributed by atoms with Gasteiger partial charge in [-0.15, -0.1) is 0 Å². The molecule has 1 heterocycles. The lowest BCUT2D eigenvalue weighted by Crippen LogP contribution is -2.49. The molecule has 0 spiro atoms. The summed E-state index contributed by atoms with van der Waals surface area (Å²) in [6.45, 7) is 3.86. The molecule has 1 aromatic heterocycles. The van der Waals surface area contributed by atoms with Crippen LogP contribution in [0.4, 0.5) is 0 Å². The Bertz CT molecular complexity index is 872. The van der Waals surface area contributed by atoms with E-state index in [1.54, 1.807) is 28.9 Å². The molecule has 0 aliphatic heterocycles. The van der Waals surface area contributed by atoms with Gasteiger partial charge in [-0.2, -0.15) is 5.10 Å². The van der Waals surface area contributed by atoms with Gasteiger partial charge in [0.2, 0.25) is 0 Å². The molecule has 1 aliphatic rings. The van der Waals surface area contributed by atoms with Crippen molar-refractivity contribution in [3.63, 3.8) is 0 Å². The first-order valence-electron chi connectivity index (χ1n) is 8.62. The average molecular weight is 390 g/mol. The van der Waals surface area contributed by atoms with Gasteiger partial charge in [0.05, 0.1) is 23.1 Å². The number of halogens is 1. The predicted octanol–water partition coefficient (Wildman–Crippen LogP) is 1.69. The number of hydrogen-bond acceptors (Lipinski definition) is 4. The van der Waals surface area contributed by atoms with Gasteiger partial charge in [-0.25, -0.2) is 4.68 Å². The second kappa shape index (κ2) is 7.79. The molecule has 0 atom stereocenters. The maximum absolute atomic E-state index is 12.5. The van der Waals surface area contributed by atoms with E-state index in [0.717, 1.165) is 18.5 Å². The zero-order valence-corrected chi connectivity index (χ0v) is 15.7. The SMILES string of the molecule is CC(C)c1c(C(=O)NNC(=O)C(=O)NC2CC2)cnn1-c1ccc(Cl)cc1. The van der Waals surface area contributed by atoms with Crippen LogP contribution >= 0.6 is 11.6 Å². The fourth-order valence-electron chi connectivity index (χ4n) is 2.59. The maximum atomic E-state index is 12.5. The number of hydrogen-bond donors (Lipinski definition) is 3. The average Bonchev–Trinajstić information content (AvgIpc) is 3.33. The fourth-order valence-corrected chi connectivity index (χ4v) is 2.72. The van der Waals surface area contributed by atoms with Crippen molar-refractivity contribution in [3.8, 4) is 5.69 Å². The van der Waals surface area contributed by atoms with Crippen LogP contribution in [0.15, 0.2) is 30.5 Å². The van der Waals surface area contributed by atoms with Gasteiger partial charge in [-0.1, -0.05) is 25.4 Å². The molecule has 0 unspecified atom stereocenters. The highest BCUT2D eigenvalue weighted by Crippen LogP contribution is 2.24. The van der Waals surface area contributed by atoms with Gasteiger partial charge in [0.25, 0.3) is 5.91 Å². The molecule has 0 saturated heterocycles. The number of carbonyl (C=O) groups excluding carboxylic acids is 3. The molecule has 3 rings (SSSR count). The number of amides is 3. The van der Waals surface area contributed by atoms with Gasteiger partial charge in [0.1, 0.15) is 0 Å². The molecule has 142 valence electrons. The van der Waals surface area contributed by atoms with Crippen LogP contribution in [0.5, 0.6) is 0 Å². The Kier molecular flexibility index (Phi) is 5.46. The van der Waals surface area contributed by atoms with Gasteiger partial charge in [0.15, 0.2) is 0 Å². The number of hydrazine groups is 1. The van der Waals surface area contributed by atoms with Crippen molar-refractivity contribution in [1.82, 2.24) is 25.9 Å². The van der Waals surface area contributed by atoms with Crippen LogP contribution < -0.4 is 16.2 Å². The number of nitrogens with one attached hydrogen (secondary N) is 3. The Morgan fingerprint density at radius 1 is 1.11 bits per heavy atom. The Balaban J connectivity index is 1.73. The van der Waals surface area contributed by atoms with Crippen molar-refractivity contribution >= 4 is 29.3 Å². The highest BCUT2D eigenvalue weighted by Gasteiger charge is 2.27. The minimum Gasteiger partial charge on any atom is -0.345 e. The van der Waals surface area contributed by atoms with E-state index in [0.29, 0.717) is 16.3 Å². The maximum Gasteiger partial charge on any atom is 0.327 e. The van der Waals surface area contributed by atoms with Crippen LogP contribution in [0.2, 0.25) is 5.02 Å². The third-order valence-corrected chi connectivity index (χ3v) is 4.33. The third kappa shape index (κ3) is 4.46. The summed E-state index contributed by atoms with van der Waals surface area (Å²) in [6, 6.07) is 7.13. The van der Waals surface area contributed by atoms with Crippen LogP contribution in [0.1, 0.15) is 48.7 Å². The van der Waals surface area contributed by atoms with Gasteiger partial charge in [-0.3, -0.25) is 25.2 Å². The second-order valence-corrected chi connectivity index (χ2v) is 7.08. The Labute approximate surface area is 161 Å². The molecular formula is C18H20ClN5O3. The smallest absolute Gasteiger partial charge is 0.327 e. The van der Waals surface area contributed by atoms with Crippen LogP contribution in [0, 0.1) is 0 Å². The first kappa shape index (κ1) is 18.9. The number of benzene rings is 1. The van der Waals surface area contributed by atoms with E-state index in [4.69, 9.17) is 11.6 Å². The number of nitrogens with zero attached hydrogens (tertiary/aromatic N) is 2. The lowest BCUT2D eigenvalue weighted by molar-refractivity contribution is -0.139. The number of aromatic nitrogens is 2. The highest BCUT2D eigenvalue weighted by atomic mass is 35.5. The molecule has 3 N–H and O–H groups in total. The molecule has 1 aromatic carbocycles. The molecule has 1 saturated carbocycles. The second-order valence-electron chi connectivity index (χ2n) is 6.64. The summed E-state index contributed by atoms with van der Waals surface area (Å²) in [5, 5.41) is 7.44. The standard InChI is InChI=1S/C18H20ClN5O3/c1-10(2)15-14(9-20-24(15)13-7-3-11(19)4-8-13)16(25)22-23-18(27)17(26)21-12-5-6-12/h3-4,7-10,12H,5-6H2,1-2H3,(H,21,26)(H,22,25)(H,23,27). The summed E-state index contributed by atoms with van der Waals surface area (Å²) in [5.74, 6) is -2.24. The van der Waals surface area contributed by atoms with Crippen LogP contribution in [0.25, 0.3) is 5.69 Å². The van der Waals surface area contributed by atoms with Crippen molar-refractivity contribution in [3.05, 3.63) is 46.7 Å². The predicted molar refractivity (Wildman–Crippen MR) is 99.4 cm³/mol. The van der Waals surface area contributed by atoms with Gasteiger partial charge < -0.3 is 5.32 Å². The van der Waals surface area contributed by atoms with E-state index < -0.39 is 17.7 Å². The first-order valence-corrected chi connectivity index (χ1v) is 8.99. The highest BCUT2D eigenvalue weighted by molar-refractivity contribution is 6.35. The van der Waals surface area contributed by atoms with Crippen molar-refractivity contribution in [2.24, 2.45) is 0 Å². The molecule has 2 aromatic rings. The molecular weight excluding hydrogens is 370 g/mol. The van der Waals surface area contributed by atoms with Gasteiger partial charge in [-0.05, 0) is 43.0 Å². The van der Waals surface area contributed by atoms with E-state index in [-0.39, 0.29) is 12.0 Å². The minimum absolute atomic E-state index is 0.0159. The van der Waals surface area contributed by atoms with Crippen molar-refractivity contribution in [1.29, 1.82) is 0 Å². The van der Waals surface area contributed by atoms with Gasteiger partial charge in [0, 0.05) is 11.1 Å². The first-order chi connectivity index (χ1) is 12.9. The summed E-state index contributed by atoms with van der Waals surface area (Å²) >= 11 is 5.92. The van der Waals surface area contributed by atoms with Crippen molar-refractivity contribution in [2.75, 3.05) is 0 Å². The molecule has 0 bridgehead atoms. The number of rotatable bonds is 4. The summed E-state index contributed by atoms with van der Waals surface area (Å²) < 4.78 is 1.65. The topological polar surface area (TPSA) is 105 Å². The van der Waals surface area contributed by atoms with Crippen LogP contribution in [-0.2, 0) is 9.59 Å². The summed E-state index contributed by atoms with van der Waals surface area (Å²) in [4.78, 5) is 35.9. The normalized spacial score (nSPS) is 13.3. The molecule has 27 heavy (non-hydrogen) atoms. The molecule has 8 nitrogen and oxygen atoms in total. The summed E-state index contributed by atoms with van der Waals surface area (Å²) in [6.07, 6.45) is 3.16. The monoisotopic (exact) mass is 389 g/mol. The van der Waals surface area contributed by atoms with E-state index in [2.05, 4.69) is 21.3 Å². The Morgan fingerprint density at radius 3 is 2.37 bits per heavy atom. The minimum atomic E-state index is -0.911. The Hall–Kier alpha value is -2.87. The molecule has 3 amide bonds. The van der Waals surface area contributed by atoms with E-state index in [1.165, 1.54) is 6.20 Å². The Morgan fingerprint density at radius 2 is 1.78 bits per heavy atom. The van der Waals surface area contributed by atoms with Gasteiger partial charge >= 0.3 is 11.8 Å². The van der Waals surface area contributed by atoms with E-state index >= 15 is 0 Å². The lowest BCUT2D eigenvalue weighted by Gasteiger charge is -2.13.